The number of halogens is 1. The van der Waals surface area contributed by atoms with Crippen LogP contribution in [0, 0.1) is 0 Å². The maximum Gasteiger partial charge on any atom is 0.226 e. The van der Waals surface area contributed by atoms with Crippen molar-refractivity contribution in [3.63, 3.8) is 0 Å². The van der Waals surface area contributed by atoms with Crippen LogP contribution >= 0.6 is 15.9 Å². The van der Waals surface area contributed by atoms with E-state index in [1.54, 1.807) is 0 Å². The Bertz CT molecular complexity index is 580. The molecule has 1 aromatic carbocycles. The average molecular weight is 292 g/mol. The molecule has 88 valence electrons. The molecule has 0 N–H and O–H groups in total. The Morgan fingerprint density at radius 3 is 2.82 bits per heavy atom. The van der Waals surface area contributed by atoms with Gasteiger partial charge in [-0.3, -0.25) is 0 Å². The van der Waals surface area contributed by atoms with Gasteiger partial charge in [-0.05, 0) is 32.4 Å². The van der Waals surface area contributed by atoms with Crippen LogP contribution in [0.3, 0.4) is 0 Å². The summed E-state index contributed by atoms with van der Waals surface area (Å²) >= 11 is 3.52. The first-order valence-electron chi connectivity index (χ1n) is 5.77. The molecule has 0 radical (unpaired) electrons. The first-order chi connectivity index (χ1) is 8.08. The molecule has 0 spiro atoms. The van der Waals surface area contributed by atoms with E-state index in [2.05, 4.69) is 44.6 Å². The molecular formula is C13H14BrN3. The van der Waals surface area contributed by atoms with Gasteiger partial charge >= 0.3 is 0 Å². The van der Waals surface area contributed by atoms with Gasteiger partial charge in [0.15, 0.2) is 0 Å². The van der Waals surface area contributed by atoms with Crippen LogP contribution in [0.25, 0.3) is 10.9 Å². The number of fused-ring (bicyclic) bond motifs is 1. The first kappa shape index (κ1) is 11.0. The molecule has 3 rings (SSSR count). The van der Waals surface area contributed by atoms with Crippen molar-refractivity contribution < 1.29 is 0 Å². The highest BCUT2D eigenvalue weighted by molar-refractivity contribution is 9.10. The van der Waals surface area contributed by atoms with Crippen molar-refractivity contribution in [1.82, 2.24) is 9.97 Å². The fourth-order valence-electron chi connectivity index (χ4n) is 2.18. The number of aromatic nitrogens is 2. The van der Waals surface area contributed by atoms with Crippen molar-refractivity contribution >= 4 is 32.8 Å². The summed E-state index contributed by atoms with van der Waals surface area (Å²) in [4.78, 5) is 11.4. The molecule has 2 aromatic rings. The molecule has 1 aromatic heterocycles. The van der Waals surface area contributed by atoms with Gasteiger partial charge in [0.2, 0.25) is 5.95 Å². The van der Waals surface area contributed by atoms with E-state index in [-0.39, 0.29) is 5.54 Å². The standard InChI is InChI=1S/C13H14BrN3/c1-13(2)6-7-17(13)12-15-8-9-10(14)4-3-5-11(9)16-12/h3-5,8H,6-7H2,1-2H3. The van der Waals surface area contributed by atoms with Gasteiger partial charge in [-0.25, -0.2) is 9.97 Å². The number of hydrogen-bond acceptors (Lipinski definition) is 3. The van der Waals surface area contributed by atoms with Gasteiger partial charge in [0.05, 0.1) is 5.52 Å². The van der Waals surface area contributed by atoms with Crippen LogP contribution in [0.5, 0.6) is 0 Å². The van der Waals surface area contributed by atoms with Crippen molar-refractivity contribution in [2.24, 2.45) is 0 Å². The second-order valence-electron chi connectivity index (χ2n) is 5.06. The highest BCUT2D eigenvalue weighted by Crippen LogP contribution is 2.33. The lowest BCUT2D eigenvalue weighted by Crippen LogP contribution is -2.56. The van der Waals surface area contributed by atoms with E-state index >= 15 is 0 Å². The van der Waals surface area contributed by atoms with Crippen LogP contribution in [-0.2, 0) is 0 Å². The Morgan fingerprint density at radius 1 is 1.35 bits per heavy atom. The topological polar surface area (TPSA) is 29.0 Å². The van der Waals surface area contributed by atoms with Gasteiger partial charge in [0.1, 0.15) is 0 Å². The van der Waals surface area contributed by atoms with Crippen LogP contribution in [0.2, 0.25) is 0 Å². The van der Waals surface area contributed by atoms with Crippen molar-refractivity contribution in [2.45, 2.75) is 25.8 Å². The van der Waals surface area contributed by atoms with E-state index in [1.807, 2.05) is 24.4 Å². The van der Waals surface area contributed by atoms with Crippen LogP contribution in [0.1, 0.15) is 20.3 Å². The molecule has 1 aliphatic heterocycles. The monoisotopic (exact) mass is 291 g/mol. The Balaban J connectivity index is 2.09. The van der Waals surface area contributed by atoms with E-state index in [0.717, 1.165) is 27.9 Å². The van der Waals surface area contributed by atoms with Crippen molar-refractivity contribution in [1.29, 1.82) is 0 Å². The SMILES string of the molecule is CC1(C)CCN1c1ncc2c(Br)cccc2n1. The molecule has 0 aliphatic carbocycles. The molecule has 0 atom stereocenters. The number of benzene rings is 1. The predicted octanol–water partition coefficient (Wildman–Crippen LogP) is 3.38. The lowest BCUT2D eigenvalue weighted by atomic mass is 9.89. The summed E-state index contributed by atoms with van der Waals surface area (Å²) in [5.41, 5.74) is 1.19. The van der Waals surface area contributed by atoms with Crippen LogP contribution < -0.4 is 4.90 Å². The molecule has 17 heavy (non-hydrogen) atoms. The second kappa shape index (κ2) is 3.67. The predicted molar refractivity (Wildman–Crippen MR) is 73.3 cm³/mol. The van der Waals surface area contributed by atoms with Crippen molar-refractivity contribution in [3.05, 3.63) is 28.9 Å². The average Bonchev–Trinajstić information content (AvgIpc) is 2.28. The van der Waals surface area contributed by atoms with E-state index in [9.17, 15) is 0 Å². The summed E-state index contributed by atoms with van der Waals surface area (Å²) in [6.07, 6.45) is 3.10. The zero-order valence-electron chi connectivity index (χ0n) is 9.94. The molecule has 0 unspecified atom stereocenters. The fraction of sp³-hybridized carbons (Fsp3) is 0.385. The lowest BCUT2D eigenvalue weighted by Gasteiger charge is -2.48. The zero-order chi connectivity index (χ0) is 12.0. The van der Waals surface area contributed by atoms with Crippen molar-refractivity contribution in [3.8, 4) is 0 Å². The van der Waals surface area contributed by atoms with E-state index in [1.165, 1.54) is 6.42 Å². The minimum absolute atomic E-state index is 0.194. The number of hydrogen-bond donors (Lipinski definition) is 0. The molecule has 4 heteroatoms. The maximum absolute atomic E-state index is 4.64. The second-order valence-corrected chi connectivity index (χ2v) is 5.91. The zero-order valence-corrected chi connectivity index (χ0v) is 11.5. The summed E-state index contributed by atoms with van der Waals surface area (Å²) in [5.74, 6) is 0.840. The molecule has 1 fully saturated rings. The van der Waals surface area contributed by atoms with Crippen LogP contribution in [0.4, 0.5) is 5.95 Å². The number of nitrogens with zero attached hydrogens (tertiary/aromatic N) is 3. The van der Waals surface area contributed by atoms with Gasteiger partial charge in [-0.1, -0.05) is 22.0 Å². The largest absolute Gasteiger partial charge is 0.336 e. The highest BCUT2D eigenvalue weighted by atomic mass is 79.9. The molecule has 0 saturated carbocycles. The Hall–Kier alpha value is -1.16. The lowest BCUT2D eigenvalue weighted by molar-refractivity contribution is 0.326. The molecule has 2 heterocycles. The van der Waals surface area contributed by atoms with Gasteiger partial charge in [-0.15, -0.1) is 0 Å². The van der Waals surface area contributed by atoms with E-state index in [0.29, 0.717) is 0 Å². The Morgan fingerprint density at radius 2 is 2.18 bits per heavy atom. The van der Waals surface area contributed by atoms with Gasteiger partial charge < -0.3 is 4.90 Å². The molecule has 0 amide bonds. The number of anilines is 1. The summed E-state index contributed by atoms with van der Waals surface area (Å²) < 4.78 is 1.05. The smallest absolute Gasteiger partial charge is 0.226 e. The third-order valence-corrected chi connectivity index (χ3v) is 4.17. The van der Waals surface area contributed by atoms with E-state index in [4.69, 9.17) is 0 Å². The van der Waals surface area contributed by atoms with Crippen LogP contribution in [-0.4, -0.2) is 22.1 Å². The van der Waals surface area contributed by atoms with E-state index < -0.39 is 0 Å². The molecule has 3 nitrogen and oxygen atoms in total. The Labute approximate surface area is 109 Å². The molecular weight excluding hydrogens is 278 g/mol. The minimum Gasteiger partial charge on any atom is -0.336 e. The molecule has 1 aliphatic rings. The van der Waals surface area contributed by atoms with Gasteiger partial charge in [0, 0.05) is 28.1 Å². The minimum atomic E-state index is 0.194. The molecule has 1 saturated heterocycles. The maximum atomic E-state index is 4.64. The summed E-state index contributed by atoms with van der Waals surface area (Å²) in [5, 5.41) is 1.06. The quantitative estimate of drug-likeness (QED) is 0.807. The Kier molecular flexibility index (Phi) is 2.36. The normalized spacial score (nSPS) is 18.2. The van der Waals surface area contributed by atoms with Crippen LogP contribution in [0.15, 0.2) is 28.9 Å². The van der Waals surface area contributed by atoms with Gasteiger partial charge in [0.25, 0.3) is 0 Å². The first-order valence-corrected chi connectivity index (χ1v) is 6.56. The fourth-order valence-corrected chi connectivity index (χ4v) is 2.64. The number of rotatable bonds is 1. The highest BCUT2D eigenvalue weighted by Gasteiger charge is 2.37. The molecule has 0 bridgehead atoms. The third-order valence-electron chi connectivity index (χ3n) is 3.48. The third kappa shape index (κ3) is 1.71. The summed E-state index contributed by atoms with van der Waals surface area (Å²) in [7, 11) is 0. The summed E-state index contributed by atoms with van der Waals surface area (Å²) in [6.45, 7) is 5.50. The van der Waals surface area contributed by atoms with Crippen molar-refractivity contribution in [2.75, 3.05) is 11.4 Å². The van der Waals surface area contributed by atoms with Gasteiger partial charge in [-0.2, -0.15) is 0 Å². The summed E-state index contributed by atoms with van der Waals surface area (Å²) in [6, 6.07) is 6.04.